The molecule has 0 radical (unpaired) electrons. The second-order valence-corrected chi connectivity index (χ2v) is 8.98. The number of hydrogen-bond acceptors (Lipinski definition) is 5. The van der Waals surface area contributed by atoms with Crippen LogP contribution in [0.3, 0.4) is 0 Å². The molecule has 1 amide bonds. The zero-order chi connectivity index (χ0) is 25.7. The van der Waals surface area contributed by atoms with Crippen molar-refractivity contribution in [1.29, 1.82) is 5.26 Å². The number of nitrogens with one attached hydrogen (secondary N) is 2. The molecule has 7 nitrogen and oxygen atoms in total. The van der Waals surface area contributed by atoms with Gasteiger partial charge >= 0.3 is 0 Å². The van der Waals surface area contributed by atoms with E-state index in [2.05, 4.69) is 33.7 Å². The maximum atomic E-state index is 13.3. The maximum absolute atomic E-state index is 13.3. The smallest absolute Gasteiger partial charge is 0.247 e. The van der Waals surface area contributed by atoms with Gasteiger partial charge in [0.1, 0.15) is 11.9 Å². The van der Waals surface area contributed by atoms with Crippen LogP contribution in [0.25, 0.3) is 11.1 Å². The molecule has 2 N–H and O–H groups in total. The quantitative estimate of drug-likeness (QED) is 0.370. The van der Waals surface area contributed by atoms with E-state index in [1.165, 1.54) is 0 Å². The fourth-order valence-electron chi connectivity index (χ4n) is 4.31. The summed E-state index contributed by atoms with van der Waals surface area (Å²) in [4.78, 5) is 17.8. The van der Waals surface area contributed by atoms with Gasteiger partial charge in [0.15, 0.2) is 0 Å². The van der Waals surface area contributed by atoms with Crippen molar-refractivity contribution in [2.24, 2.45) is 7.05 Å². The standard InChI is InChI=1S/C29H30N6O/c1-19(23-12-10-22(16-30)11-13-23)17-32-28(24-8-6-5-7-9-24)29(36)33-26-15-14-25(18-31-26)27-20(2)34-35(4)21(27)3/h5-15,18-19,28,32H,17H2,1-4H3,(H,31,33,36)/t19-,28+/m1/s1. The Hall–Kier alpha value is -4.28. The van der Waals surface area contributed by atoms with E-state index < -0.39 is 6.04 Å². The lowest BCUT2D eigenvalue weighted by molar-refractivity contribution is -0.118. The molecule has 0 bridgehead atoms. The lowest BCUT2D eigenvalue weighted by Gasteiger charge is -2.21. The van der Waals surface area contributed by atoms with Gasteiger partial charge in [-0.3, -0.25) is 9.48 Å². The Morgan fingerprint density at radius 3 is 2.33 bits per heavy atom. The van der Waals surface area contributed by atoms with E-state index in [0.29, 0.717) is 17.9 Å². The zero-order valence-electron chi connectivity index (χ0n) is 21.0. The molecule has 0 saturated heterocycles. The van der Waals surface area contributed by atoms with E-state index in [1.807, 2.05) is 92.3 Å². The summed E-state index contributed by atoms with van der Waals surface area (Å²) in [5.41, 5.74) is 6.64. The molecule has 0 spiro atoms. The summed E-state index contributed by atoms with van der Waals surface area (Å²) in [5, 5.41) is 19.9. The highest BCUT2D eigenvalue weighted by atomic mass is 16.2. The molecule has 0 unspecified atom stereocenters. The molecule has 0 fully saturated rings. The minimum atomic E-state index is -0.545. The monoisotopic (exact) mass is 478 g/mol. The Morgan fingerprint density at radius 1 is 1.03 bits per heavy atom. The molecule has 2 atom stereocenters. The molecule has 0 aliphatic heterocycles. The van der Waals surface area contributed by atoms with Crippen molar-refractivity contribution < 1.29 is 4.79 Å². The molecule has 2 aromatic heterocycles. The largest absolute Gasteiger partial charge is 0.309 e. The fraction of sp³-hybridized carbons (Fsp3) is 0.241. The number of aryl methyl sites for hydroxylation is 2. The first-order chi connectivity index (χ1) is 17.4. The van der Waals surface area contributed by atoms with Gasteiger partial charge in [0.2, 0.25) is 5.91 Å². The van der Waals surface area contributed by atoms with Crippen LogP contribution in [-0.2, 0) is 11.8 Å². The molecular formula is C29H30N6O. The summed E-state index contributed by atoms with van der Waals surface area (Å²) >= 11 is 0. The number of nitriles is 1. The number of rotatable bonds is 8. The number of hydrogen-bond donors (Lipinski definition) is 2. The molecule has 0 aliphatic carbocycles. The van der Waals surface area contributed by atoms with Crippen molar-refractivity contribution in [1.82, 2.24) is 20.1 Å². The predicted molar refractivity (Wildman–Crippen MR) is 141 cm³/mol. The summed E-state index contributed by atoms with van der Waals surface area (Å²) < 4.78 is 1.86. The van der Waals surface area contributed by atoms with Crippen LogP contribution in [0, 0.1) is 25.2 Å². The minimum absolute atomic E-state index is 0.153. The summed E-state index contributed by atoms with van der Waals surface area (Å²) in [7, 11) is 1.92. The van der Waals surface area contributed by atoms with Crippen LogP contribution in [0.4, 0.5) is 5.82 Å². The van der Waals surface area contributed by atoms with Gasteiger partial charge in [-0.15, -0.1) is 0 Å². The summed E-state index contributed by atoms with van der Waals surface area (Å²) in [6, 6.07) is 22.6. The third-order valence-electron chi connectivity index (χ3n) is 6.44. The number of carbonyl (C=O) groups excluding carboxylic acids is 1. The third kappa shape index (κ3) is 5.51. The molecule has 2 aromatic carbocycles. The molecule has 0 aliphatic rings. The van der Waals surface area contributed by atoms with E-state index in [0.717, 1.165) is 33.6 Å². The molecule has 2 heterocycles. The Balaban J connectivity index is 1.48. The number of aromatic nitrogens is 3. The highest BCUT2D eigenvalue weighted by Crippen LogP contribution is 2.27. The SMILES string of the molecule is Cc1nn(C)c(C)c1-c1ccc(NC(=O)[C@@H](NC[C@@H](C)c2ccc(C#N)cc2)c2ccccc2)nc1. The van der Waals surface area contributed by atoms with Gasteiger partial charge in [0.05, 0.1) is 17.3 Å². The van der Waals surface area contributed by atoms with Gasteiger partial charge in [-0.05, 0) is 55.2 Å². The summed E-state index contributed by atoms with van der Waals surface area (Å²) in [6.45, 7) is 6.69. The summed E-state index contributed by atoms with van der Waals surface area (Å²) in [5.74, 6) is 0.466. The topological polar surface area (TPSA) is 95.6 Å². The van der Waals surface area contributed by atoms with Crippen molar-refractivity contribution in [2.75, 3.05) is 11.9 Å². The van der Waals surface area contributed by atoms with Gasteiger partial charge < -0.3 is 10.6 Å². The van der Waals surface area contributed by atoms with Crippen molar-refractivity contribution in [2.45, 2.75) is 32.7 Å². The lowest BCUT2D eigenvalue weighted by atomic mass is 9.98. The van der Waals surface area contributed by atoms with Gasteiger partial charge in [0, 0.05) is 36.6 Å². The number of nitrogens with zero attached hydrogens (tertiary/aromatic N) is 4. The lowest BCUT2D eigenvalue weighted by Crippen LogP contribution is -2.35. The van der Waals surface area contributed by atoms with E-state index in [9.17, 15) is 4.79 Å². The number of anilines is 1. The van der Waals surface area contributed by atoms with Crippen LogP contribution in [0.1, 0.15) is 47.0 Å². The van der Waals surface area contributed by atoms with Gasteiger partial charge in [-0.25, -0.2) is 4.98 Å². The molecule has 182 valence electrons. The zero-order valence-corrected chi connectivity index (χ0v) is 21.0. The van der Waals surface area contributed by atoms with Gasteiger partial charge in [-0.1, -0.05) is 49.4 Å². The third-order valence-corrected chi connectivity index (χ3v) is 6.44. The van der Waals surface area contributed by atoms with Crippen molar-refractivity contribution in [3.8, 4) is 17.2 Å². The Kier molecular flexibility index (Phi) is 7.57. The van der Waals surface area contributed by atoms with Crippen LogP contribution in [0.2, 0.25) is 0 Å². The molecule has 36 heavy (non-hydrogen) atoms. The van der Waals surface area contributed by atoms with Gasteiger partial charge in [-0.2, -0.15) is 10.4 Å². The van der Waals surface area contributed by atoms with E-state index >= 15 is 0 Å². The Bertz CT molecular complexity index is 1370. The van der Waals surface area contributed by atoms with Crippen LogP contribution in [-0.4, -0.2) is 27.2 Å². The second kappa shape index (κ2) is 11.0. The Morgan fingerprint density at radius 2 is 1.75 bits per heavy atom. The highest BCUT2D eigenvalue weighted by Gasteiger charge is 2.22. The normalized spacial score (nSPS) is 12.5. The first-order valence-corrected chi connectivity index (χ1v) is 11.9. The fourth-order valence-corrected chi connectivity index (χ4v) is 4.31. The number of pyridine rings is 1. The van der Waals surface area contributed by atoms with Crippen LogP contribution in [0.15, 0.2) is 72.9 Å². The van der Waals surface area contributed by atoms with E-state index in [4.69, 9.17) is 5.26 Å². The highest BCUT2D eigenvalue weighted by molar-refractivity contribution is 5.95. The molecule has 7 heteroatoms. The first kappa shape index (κ1) is 24.8. The molecule has 4 rings (SSSR count). The molecule has 0 saturated carbocycles. The number of carbonyl (C=O) groups is 1. The minimum Gasteiger partial charge on any atom is -0.309 e. The van der Waals surface area contributed by atoms with Crippen molar-refractivity contribution in [3.05, 3.63) is 101 Å². The van der Waals surface area contributed by atoms with Crippen molar-refractivity contribution >= 4 is 11.7 Å². The number of amides is 1. The van der Waals surface area contributed by atoms with Gasteiger partial charge in [0.25, 0.3) is 0 Å². The van der Waals surface area contributed by atoms with Crippen LogP contribution >= 0.6 is 0 Å². The maximum Gasteiger partial charge on any atom is 0.247 e. The first-order valence-electron chi connectivity index (χ1n) is 11.9. The molecule has 4 aromatic rings. The second-order valence-electron chi connectivity index (χ2n) is 8.98. The van der Waals surface area contributed by atoms with Crippen LogP contribution < -0.4 is 10.6 Å². The average Bonchev–Trinajstić information content (AvgIpc) is 3.16. The molecular weight excluding hydrogens is 448 g/mol. The van der Waals surface area contributed by atoms with E-state index in [-0.39, 0.29) is 11.8 Å². The van der Waals surface area contributed by atoms with Crippen molar-refractivity contribution in [3.63, 3.8) is 0 Å². The summed E-state index contributed by atoms with van der Waals surface area (Å²) in [6.07, 6.45) is 1.77. The number of benzene rings is 2. The predicted octanol–water partition coefficient (Wildman–Crippen LogP) is 5.04. The van der Waals surface area contributed by atoms with Crippen LogP contribution in [0.5, 0.6) is 0 Å². The van der Waals surface area contributed by atoms with E-state index in [1.54, 1.807) is 6.20 Å². The average molecular weight is 479 g/mol. The Labute approximate surface area is 211 Å².